The van der Waals surface area contributed by atoms with E-state index in [1.807, 2.05) is 0 Å². The first-order valence-electron chi connectivity index (χ1n) is 2.62. The molecule has 10 heavy (non-hydrogen) atoms. The first-order valence-corrected chi connectivity index (χ1v) is 5.15. The van der Waals surface area contributed by atoms with Crippen LogP contribution in [0.2, 0.25) is 0 Å². The summed E-state index contributed by atoms with van der Waals surface area (Å²) in [5, 5.41) is 25.9. The molecule has 0 radical (unpaired) electrons. The summed E-state index contributed by atoms with van der Waals surface area (Å²) in [5.41, 5.74) is 5.21. The van der Waals surface area contributed by atoms with Gasteiger partial charge in [0.15, 0.2) is 19.0 Å². The molecule has 0 heterocycles. The molecule has 0 bridgehead atoms. The van der Waals surface area contributed by atoms with Crippen molar-refractivity contribution in [2.75, 3.05) is 25.3 Å². The van der Waals surface area contributed by atoms with Gasteiger partial charge in [0.25, 0.3) is 0 Å². The molecule has 5 N–H and O–H groups in total. The highest BCUT2D eigenvalue weighted by atomic mass is 35.5. The molecule has 0 rings (SSSR count). The van der Waals surface area contributed by atoms with Gasteiger partial charge in [0, 0.05) is 0 Å². The van der Waals surface area contributed by atoms with E-state index in [0.29, 0.717) is 0 Å². The van der Waals surface area contributed by atoms with Crippen molar-refractivity contribution in [1.29, 1.82) is 0 Å². The number of aliphatic hydroxyl groups excluding tert-OH is 3. The van der Waals surface area contributed by atoms with Gasteiger partial charge in [-0.3, -0.25) is 5.73 Å². The van der Waals surface area contributed by atoms with Crippen LogP contribution in [-0.4, -0.2) is 40.6 Å². The SMILES string of the molecule is Cl.NC[P+](CO)(CO)CO. The van der Waals surface area contributed by atoms with E-state index in [2.05, 4.69) is 0 Å². The van der Waals surface area contributed by atoms with E-state index >= 15 is 0 Å². The van der Waals surface area contributed by atoms with E-state index in [1.165, 1.54) is 0 Å². The third-order valence-corrected chi connectivity index (χ3v) is 3.86. The monoisotopic (exact) mass is 190 g/mol. The number of hydrogen-bond acceptors (Lipinski definition) is 4. The first kappa shape index (κ1) is 13.2. The zero-order valence-electron chi connectivity index (χ0n) is 5.60. The third kappa shape index (κ3) is 3.10. The molecule has 0 aliphatic carbocycles. The van der Waals surface area contributed by atoms with E-state index < -0.39 is 7.26 Å². The van der Waals surface area contributed by atoms with Crippen LogP contribution in [0.5, 0.6) is 0 Å². The minimum absolute atomic E-state index is 0. The van der Waals surface area contributed by atoms with Gasteiger partial charge in [0.1, 0.15) is 13.5 Å². The average molecular weight is 191 g/mol. The van der Waals surface area contributed by atoms with Gasteiger partial charge in [-0.15, -0.1) is 12.4 Å². The molecule has 0 aromatic rings. The van der Waals surface area contributed by atoms with Gasteiger partial charge in [-0.1, -0.05) is 0 Å². The maximum atomic E-state index is 8.63. The fraction of sp³-hybridized carbons (Fsp3) is 1.00. The van der Waals surface area contributed by atoms with Crippen LogP contribution in [-0.2, 0) is 0 Å². The van der Waals surface area contributed by atoms with E-state index in [1.54, 1.807) is 0 Å². The van der Waals surface area contributed by atoms with Gasteiger partial charge < -0.3 is 15.3 Å². The van der Waals surface area contributed by atoms with Crippen molar-refractivity contribution < 1.29 is 15.3 Å². The van der Waals surface area contributed by atoms with E-state index in [0.717, 1.165) is 0 Å². The lowest BCUT2D eigenvalue weighted by Crippen LogP contribution is -2.16. The highest BCUT2D eigenvalue weighted by Gasteiger charge is 2.33. The van der Waals surface area contributed by atoms with Gasteiger partial charge in [0.05, 0.1) is 0 Å². The second-order valence-electron chi connectivity index (χ2n) is 1.95. The number of halogens is 1. The Morgan fingerprint density at radius 3 is 1.30 bits per heavy atom. The second-order valence-corrected chi connectivity index (χ2v) is 5.85. The van der Waals surface area contributed by atoms with E-state index in [9.17, 15) is 0 Å². The molecule has 0 atom stereocenters. The Kier molecular flexibility index (Phi) is 8.27. The molecular weight excluding hydrogens is 176 g/mol. The Hall–Kier alpha value is 0.560. The summed E-state index contributed by atoms with van der Waals surface area (Å²) in [5.74, 6) is 0. The number of nitrogens with two attached hydrogens (primary N) is 1. The van der Waals surface area contributed by atoms with Crippen molar-refractivity contribution in [1.82, 2.24) is 0 Å². The van der Waals surface area contributed by atoms with Gasteiger partial charge in [-0.25, -0.2) is 0 Å². The molecule has 0 saturated carbocycles. The van der Waals surface area contributed by atoms with Gasteiger partial charge in [0.2, 0.25) is 0 Å². The smallest absolute Gasteiger partial charge is 0.160 e. The maximum Gasteiger partial charge on any atom is 0.160 e. The molecule has 0 spiro atoms. The summed E-state index contributed by atoms with van der Waals surface area (Å²) >= 11 is 0. The van der Waals surface area contributed by atoms with Crippen molar-refractivity contribution in [2.24, 2.45) is 5.73 Å². The highest BCUT2D eigenvalue weighted by Crippen LogP contribution is 2.53. The molecule has 0 amide bonds. The van der Waals surface area contributed by atoms with Crippen molar-refractivity contribution >= 4 is 19.7 Å². The zero-order chi connectivity index (χ0) is 7.33. The molecule has 64 valence electrons. The zero-order valence-corrected chi connectivity index (χ0v) is 7.31. The number of aliphatic hydroxyl groups is 3. The third-order valence-electron chi connectivity index (χ3n) is 1.29. The van der Waals surface area contributed by atoms with Gasteiger partial charge in [-0.05, 0) is 0 Å². The topological polar surface area (TPSA) is 86.7 Å². The lowest BCUT2D eigenvalue weighted by Gasteiger charge is -2.16. The standard InChI is InChI=1S/C4H13NO3P.ClH/c5-1-9(2-6,3-7)4-8;/h6-8H,1-5H2;1H/q+1;. The average Bonchev–Trinajstić information content (AvgIpc) is 1.95. The number of rotatable bonds is 4. The minimum Gasteiger partial charge on any atom is -0.361 e. The summed E-state index contributed by atoms with van der Waals surface area (Å²) in [6, 6.07) is 0. The lowest BCUT2D eigenvalue weighted by molar-refractivity contribution is 0.312. The molecule has 0 aliphatic rings. The van der Waals surface area contributed by atoms with Crippen LogP contribution in [0, 0.1) is 0 Å². The Morgan fingerprint density at radius 1 is 1.00 bits per heavy atom. The highest BCUT2D eigenvalue weighted by molar-refractivity contribution is 7.75. The summed E-state index contributed by atoms with van der Waals surface area (Å²) in [4.78, 5) is 0. The van der Waals surface area contributed by atoms with Crippen molar-refractivity contribution in [3.05, 3.63) is 0 Å². The molecule has 6 heteroatoms. The van der Waals surface area contributed by atoms with Crippen LogP contribution < -0.4 is 5.73 Å². The molecule has 0 aromatic carbocycles. The largest absolute Gasteiger partial charge is 0.361 e. The Bertz CT molecular complexity index is 63.4. The molecule has 0 aromatic heterocycles. The first-order chi connectivity index (χ1) is 4.24. The minimum atomic E-state index is -1.98. The lowest BCUT2D eigenvalue weighted by atomic mass is 11.5. The Morgan fingerprint density at radius 2 is 1.30 bits per heavy atom. The van der Waals surface area contributed by atoms with Crippen LogP contribution >= 0.6 is 19.7 Å². The van der Waals surface area contributed by atoms with E-state index in [-0.39, 0.29) is 37.7 Å². The van der Waals surface area contributed by atoms with Crippen LogP contribution in [0.15, 0.2) is 0 Å². The maximum absolute atomic E-state index is 8.63. The van der Waals surface area contributed by atoms with Gasteiger partial charge >= 0.3 is 0 Å². The Balaban J connectivity index is 0. The van der Waals surface area contributed by atoms with Crippen molar-refractivity contribution in [3.8, 4) is 0 Å². The summed E-state index contributed by atoms with van der Waals surface area (Å²) in [6.45, 7) is 0. The summed E-state index contributed by atoms with van der Waals surface area (Å²) in [7, 11) is -1.98. The quantitative estimate of drug-likeness (QED) is 0.437. The summed E-state index contributed by atoms with van der Waals surface area (Å²) < 4.78 is 0. The van der Waals surface area contributed by atoms with E-state index in [4.69, 9.17) is 21.1 Å². The predicted octanol–water partition coefficient (Wildman–Crippen LogP) is -0.809. The second kappa shape index (κ2) is 6.28. The molecule has 0 fully saturated rings. The molecule has 4 nitrogen and oxygen atoms in total. The fourth-order valence-corrected chi connectivity index (χ4v) is 0.922. The fourth-order valence-electron chi connectivity index (χ4n) is 0.307. The normalized spacial score (nSPS) is 10.8. The molecule has 0 aliphatic heterocycles. The van der Waals surface area contributed by atoms with Crippen LogP contribution in [0.25, 0.3) is 0 Å². The molecule has 0 unspecified atom stereocenters. The van der Waals surface area contributed by atoms with Gasteiger partial charge in [-0.2, -0.15) is 0 Å². The van der Waals surface area contributed by atoms with Crippen LogP contribution in [0.1, 0.15) is 0 Å². The van der Waals surface area contributed by atoms with Crippen LogP contribution in [0.3, 0.4) is 0 Å². The summed E-state index contributed by atoms with van der Waals surface area (Å²) in [6.07, 6.45) is -0.306. The van der Waals surface area contributed by atoms with Crippen molar-refractivity contribution in [3.63, 3.8) is 0 Å². The predicted molar refractivity (Wildman–Crippen MR) is 44.5 cm³/mol. The van der Waals surface area contributed by atoms with Crippen LogP contribution in [0.4, 0.5) is 0 Å². The van der Waals surface area contributed by atoms with Crippen molar-refractivity contribution in [2.45, 2.75) is 0 Å². The Labute approximate surface area is 66.8 Å². The molecule has 0 saturated heterocycles. The number of hydrogen-bond donors (Lipinski definition) is 4. The molecular formula is C4H14ClNO3P+.